The Morgan fingerprint density at radius 1 is 1.24 bits per heavy atom. The predicted molar refractivity (Wildman–Crippen MR) is 88.5 cm³/mol. The number of nitrogens with one attached hydrogen (secondary N) is 1. The van der Waals surface area contributed by atoms with Crippen molar-refractivity contribution < 1.29 is 0 Å². The van der Waals surface area contributed by atoms with Crippen LogP contribution in [0.1, 0.15) is 44.7 Å². The molecule has 0 radical (unpaired) electrons. The van der Waals surface area contributed by atoms with Crippen LogP contribution in [-0.2, 0) is 13.5 Å². The zero-order valence-electron chi connectivity index (χ0n) is 13.5. The second kappa shape index (κ2) is 5.80. The summed E-state index contributed by atoms with van der Waals surface area (Å²) in [6, 6.07) is 9.07. The molecule has 3 heteroatoms. The molecule has 1 unspecified atom stereocenters. The van der Waals surface area contributed by atoms with E-state index < -0.39 is 0 Å². The van der Waals surface area contributed by atoms with Gasteiger partial charge in [0.25, 0.3) is 0 Å². The molecule has 0 amide bonds. The Kier molecular flexibility index (Phi) is 4.03. The molecule has 0 aliphatic heterocycles. The van der Waals surface area contributed by atoms with Gasteiger partial charge in [-0.3, -0.25) is 4.68 Å². The first-order valence-corrected chi connectivity index (χ1v) is 8.22. The van der Waals surface area contributed by atoms with Crippen molar-refractivity contribution in [2.24, 2.45) is 12.5 Å². The molecule has 1 N–H and O–H groups in total. The molecule has 3 rings (SSSR count). The van der Waals surface area contributed by atoms with E-state index in [-0.39, 0.29) is 0 Å². The number of hydrogen-bond acceptors (Lipinski definition) is 2. The first-order chi connectivity index (χ1) is 10.1. The van der Waals surface area contributed by atoms with Crippen LogP contribution >= 0.6 is 0 Å². The van der Waals surface area contributed by atoms with Gasteiger partial charge < -0.3 is 5.32 Å². The fraction of sp³-hybridized carbons (Fsp3) is 0.611. The summed E-state index contributed by atoms with van der Waals surface area (Å²) in [4.78, 5) is 0. The second-order valence-corrected chi connectivity index (χ2v) is 6.85. The largest absolute Gasteiger partial charge is 0.316 e. The van der Waals surface area contributed by atoms with Crippen molar-refractivity contribution in [3.63, 3.8) is 0 Å². The fourth-order valence-corrected chi connectivity index (χ4v) is 4.04. The summed E-state index contributed by atoms with van der Waals surface area (Å²) >= 11 is 0. The van der Waals surface area contributed by atoms with Crippen molar-refractivity contribution in [1.29, 1.82) is 0 Å². The number of aryl methyl sites for hydroxylation is 1. The maximum absolute atomic E-state index is 4.78. The number of rotatable bonds is 4. The summed E-state index contributed by atoms with van der Waals surface area (Å²) in [5.41, 5.74) is 2.88. The first kappa shape index (κ1) is 14.6. The molecule has 1 aliphatic carbocycles. The minimum absolute atomic E-state index is 0.408. The van der Waals surface area contributed by atoms with E-state index in [1.54, 1.807) is 0 Å². The molecular weight excluding hydrogens is 258 g/mol. The number of para-hydroxylation sites is 1. The van der Waals surface area contributed by atoms with Crippen LogP contribution in [0.25, 0.3) is 10.9 Å². The number of likely N-dealkylation sites (N-methyl/N-ethyl adjacent to an activating group) is 1. The summed E-state index contributed by atoms with van der Waals surface area (Å²) < 4.78 is 2.01. The number of fused-ring (bicyclic) bond motifs is 1. The Bertz CT molecular complexity index is 608. The number of benzene rings is 1. The molecule has 3 nitrogen and oxygen atoms in total. The molecule has 1 aromatic heterocycles. The van der Waals surface area contributed by atoms with E-state index in [0.717, 1.165) is 6.42 Å². The highest BCUT2D eigenvalue weighted by atomic mass is 15.3. The third-order valence-electron chi connectivity index (χ3n) is 5.42. The van der Waals surface area contributed by atoms with Gasteiger partial charge in [0.15, 0.2) is 0 Å². The quantitative estimate of drug-likeness (QED) is 0.929. The molecule has 114 valence electrons. The zero-order chi connectivity index (χ0) is 14.9. The van der Waals surface area contributed by atoms with Crippen molar-refractivity contribution in [3.8, 4) is 0 Å². The van der Waals surface area contributed by atoms with Gasteiger partial charge in [0.05, 0.1) is 11.2 Å². The molecule has 2 aromatic rings. The van der Waals surface area contributed by atoms with Crippen molar-refractivity contribution in [2.75, 3.05) is 7.05 Å². The highest BCUT2D eigenvalue weighted by Crippen LogP contribution is 2.40. The van der Waals surface area contributed by atoms with Crippen molar-refractivity contribution in [2.45, 2.75) is 51.5 Å². The summed E-state index contributed by atoms with van der Waals surface area (Å²) in [5, 5.41) is 9.67. The molecule has 21 heavy (non-hydrogen) atoms. The van der Waals surface area contributed by atoms with E-state index in [4.69, 9.17) is 5.10 Å². The van der Waals surface area contributed by atoms with E-state index in [1.165, 1.54) is 48.7 Å². The smallest absolute Gasteiger partial charge is 0.0718 e. The summed E-state index contributed by atoms with van der Waals surface area (Å²) in [6.07, 6.45) is 7.84. The van der Waals surface area contributed by atoms with Crippen LogP contribution in [0.4, 0.5) is 0 Å². The van der Waals surface area contributed by atoms with E-state index >= 15 is 0 Å². The minimum Gasteiger partial charge on any atom is -0.316 e. The van der Waals surface area contributed by atoms with Crippen LogP contribution in [0.2, 0.25) is 0 Å². The minimum atomic E-state index is 0.408. The lowest BCUT2D eigenvalue weighted by molar-refractivity contribution is 0.148. The van der Waals surface area contributed by atoms with E-state index in [1.807, 2.05) is 11.7 Å². The van der Waals surface area contributed by atoms with E-state index in [2.05, 4.69) is 43.6 Å². The third-order valence-corrected chi connectivity index (χ3v) is 5.42. The number of aromatic nitrogens is 2. The van der Waals surface area contributed by atoms with Crippen LogP contribution in [-0.4, -0.2) is 22.9 Å². The van der Waals surface area contributed by atoms with Gasteiger partial charge in [-0.1, -0.05) is 44.4 Å². The lowest BCUT2D eigenvalue weighted by Crippen LogP contribution is -2.44. The summed E-state index contributed by atoms with van der Waals surface area (Å²) in [6.45, 7) is 2.46. The highest BCUT2D eigenvalue weighted by Gasteiger charge is 2.35. The molecule has 1 aliphatic rings. The molecule has 1 fully saturated rings. The Hall–Kier alpha value is -1.35. The Labute approximate surface area is 127 Å². The van der Waals surface area contributed by atoms with Crippen LogP contribution in [0.15, 0.2) is 24.3 Å². The Morgan fingerprint density at radius 2 is 1.95 bits per heavy atom. The maximum atomic E-state index is 4.78. The monoisotopic (exact) mass is 285 g/mol. The third kappa shape index (κ3) is 2.71. The van der Waals surface area contributed by atoms with Gasteiger partial charge in [0, 0.05) is 24.9 Å². The van der Waals surface area contributed by atoms with Crippen molar-refractivity contribution in [3.05, 3.63) is 30.0 Å². The van der Waals surface area contributed by atoms with Gasteiger partial charge in [0.1, 0.15) is 0 Å². The average molecular weight is 285 g/mol. The second-order valence-electron chi connectivity index (χ2n) is 6.85. The van der Waals surface area contributed by atoms with Gasteiger partial charge in [-0.25, -0.2) is 0 Å². The fourth-order valence-electron chi connectivity index (χ4n) is 4.04. The highest BCUT2D eigenvalue weighted by molar-refractivity contribution is 5.81. The molecule has 1 atom stereocenters. The number of hydrogen-bond donors (Lipinski definition) is 1. The molecule has 0 saturated heterocycles. The van der Waals surface area contributed by atoms with Crippen LogP contribution in [0, 0.1) is 5.41 Å². The lowest BCUT2D eigenvalue weighted by atomic mass is 9.69. The molecule has 0 spiro atoms. The first-order valence-electron chi connectivity index (χ1n) is 8.22. The van der Waals surface area contributed by atoms with Crippen LogP contribution in [0.5, 0.6) is 0 Å². The summed E-state index contributed by atoms with van der Waals surface area (Å²) in [7, 11) is 4.15. The van der Waals surface area contributed by atoms with Crippen LogP contribution < -0.4 is 5.32 Å². The number of nitrogens with zero attached hydrogens (tertiary/aromatic N) is 2. The lowest BCUT2D eigenvalue weighted by Gasteiger charge is -2.40. The SMILES string of the molecule is CNC(Cc1nn(C)c2ccccc12)C1(C)CCCCC1. The maximum Gasteiger partial charge on any atom is 0.0718 e. The molecule has 1 aromatic carbocycles. The van der Waals surface area contributed by atoms with Crippen LogP contribution in [0.3, 0.4) is 0 Å². The molecule has 1 saturated carbocycles. The van der Waals surface area contributed by atoms with Gasteiger partial charge in [-0.15, -0.1) is 0 Å². The molecule has 0 bridgehead atoms. The van der Waals surface area contributed by atoms with Gasteiger partial charge in [0.2, 0.25) is 0 Å². The molecule has 1 heterocycles. The topological polar surface area (TPSA) is 29.9 Å². The van der Waals surface area contributed by atoms with Gasteiger partial charge >= 0.3 is 0 Å². The zero-order valence-corrected chi connectivity index (χ0v) is 13.5. The van der Waals surface area contributed by atoms with Gasteiger partial charge in [-0.2, -0.15) is 5.10 Å². The van der Waals surface area contributed by atoms with Gasteiger partial charge in [-0.05, 0) is 31.4 Å². The van der Waals surface area contributed by atoms with Crippen molar-refractivity contribution in [1.82, 2.24) is 15.1 Å². The Balaban J connectivity index is 1.89. The summed E-state index contributed by atoms with van der Waals surface area (Å²) in [5.74, 6) is 0. The molecular formula is C18H27N3. The normalized spacial score (nSPS) is 19.8. The Morgan fingerprint density at radius 3 is 2.67 bits per heavy atom. The van der Waals surface area contributed by atoms with Crippen molar-refractivity contribution >= 4 is 10.9 Å². The van der Waals surface area contributed by atoms with E-state index in [0.29, 0.717) is 11.5 Å². The van der Waals surface area contributed by atoms with E-state index in [9.17, 15) is 0 Å². The predicted octanol–water partition coefficient (Wildman–Crippen LogP) is 3.67. The standard InChI is InChI=1S/C18H27N3/c1-18(11-7-4-8-12-18)17(19-2)13-15-14-9-5-6-10-16(14)21(3)20-15/h5-6,9-10,17,19H,4,7-8,11-13H2,1-3H3. The average Bonchev–Trinajstić information content (AvgIpc) is 2.82.